The maximum Gasteiger partial charge on any atom is 0.116 e. The summed E-state index contributed by atoms with van der Waals surface area (Å²) in [5, 5.41) is 13.3. The largest absolute Gasteiger partial charge is 0.353 e. The second-order valence-corrected chi connectivity index (χ2v) is 9.40. The second kappa shape index (κ2) is 9.92. The summed E-state index contributed by atoms with van der Waals surface area (Å²) in [5.41, 5.74) is 9.69. The van der Waals surface area contributed by atoms with Crippen LogP contribution >= 0.6 is 0 Å². The second-order valence-electron chi connectivity index (χ2n) is 9.40. The van der Waals surface area contributed by atoms with Crippen LogP contribution in [0.5, 0.6) is 0 Å². The molecule has 8 heteroatoms. The summed E-state index contributed by atoms with van der Waals surface area (Å²) in [6.45, 7) is 1.52. The van der Waals surface area contributed by atoms with Gasteiger partial charge in [-0.3, -0.25) is 25.0 Å². The van der Waals surface area contributed by atoms with Crippen LogP contribution in [-0.2, 0) is 13.1 Å². The Balaban J connectivity index is 1.20. The van der Waals surface area contributed by atoms with Crippen LogP contribution < -0.4 is 5.32 Å². The van der Waals surface area contributed by atoms with E-state index in [2.05, 4.69) is 77.9 Å². The minimum absolute atomic E-state index is 0.720. The normalized spacial score (nSPS) is 11.4. The summed E-state index contributed by atoms with van der Waals surface area (Å²) < 4.78 is 0. The molecule has 0 saturated heterocycles. The van der Waals surface area contributed by atoms with Gasteiger partial charge in [0.15, 0.2) is 0 Å². The molecule has 3 N–H and O–H groups in total. The van der Waals surface area contributed by atoms with Gasteiger partial charge in [-0.05, 0) is 47.5 Å². The monoisotopic (exact) mass is 508 g/mol. The molecule has 0 amide bonds. The molecule has 0 saturated carbocycles. The van der Waals surface area contributed by atoms with E-state index in [0.717, 1.165) is 74.4 Å². The van der Waals surface area contributed by atoms with E-state index < -0.39 is 0 Å². The Morgan fingerprint density at radius 3 is 2.38 bits per heavy atom. The first-order valence-electron chi connectivity index (χ1n) is 12.7. The Morgan fingerprint density at radius 1 is 0.641 bits per heavy atom. The van der Waals surface area contributed by atoms with Crippen LogP contribution in [0.25, 0.3) is 55.7 Å². The minimum atomic E-state index is 0.720. The molecule has 0 bridgehead atoms. The van der Waals surface area contributed by atoms with Crippen molar-refractivity contribution in [2.45, 2.75) is 13.1 Å². The van der Waals surface area contributed by atoms with Crippen molar-refractivity contribution in [2.24, 2.45) is 0 Å². The fourth-order valence-corrected chi connectivity index (χ4v) is 4.87. The molecule has 7 aromatic rings. The average molecular weight is 509 g/mol. The van der Waals surface area contributed by atoms with Gasteiger partial charge in [0.1, 0.15) is 5.69 Å². The van der Waals surface area contributed by atoms with Crippen molar-refractivity contribution in [1.82, 2.24) is 40.4 Å². The molecule has 0 aliphatic carbocycles. The Morgan fingerprint density at radius 2 is 1.49 bits per heavy atom. The number of aromatic nitrogens is 7. The zero-order valence-electron chi connectivity index (χ0n) is 21.0. The standard InChI is InChI=1S/C31H24N8/c1-2-4-20(5-3-1)15-33-16-21-12-23(18-34-17-21)27-13-25-29(19-36-27)38-39-31(25)28-14-24-26(37-28)8-11-35-30(24)22-6-9-32-10-7-22/h1-14,17-19,33,37H,15-16H2,(H,38,39). The van der Waals surface area contributed by atoms with E-state index in [9.17, 15) is 0 Å². The van der Waals surface area contributed by atoms with Gasteiger partial charge in [-0.15, -0.1) is 0 Å². The van der Waals surface area contributed by atoms with Crippen LogP contribution in [0.1, 0.15) is 11.1 Å². The summed E-state index contributed by atoms with van der Waals surface area (Å²) in [6.07, 6.45) is 10.9. The molecule has 1 aromatic carbocycles. The molecule has 6 heterocycles. The predicted molar refractivity (Wildman–Crippen MR) is 152 cm³/mol. The highest BCUT2D eigenvalue weighted by Gasteiger charge is 2.15. The van der Waals surface area contributed by atoms with Crippen LogP contribution in [-0.4, -0.2) is 35.1 Å². The van der Waals surface area contributed by atoms with Crippen molar-refractivity contribution in [1.29, 1.82) is 0 Å². The van der Waals surface area contributed by atoms with E-state index in [1.807, 2.05) is 49.1 Å². The number of fused-ring (bicyclic) bond motifs is 2. The number of hydrogen-bond acceptors (Lipinski definition) is 6. The number of nitrogens with zero attached hydrogens (tertiary/aromatic N) is 5. The number of pyridine rings is 4. The Labute approximate surface area is 224 Å². The highest BCUT2D eigenvalue weighted by molar-refractivity contribution is 6.00. The molecule has 7 rings (SSSR count). The zero-order chi connectivity index (χ0) is 26.0. The molecule has 0 atom stereocenters. The van der Waals surface area contributed by atoms with Crippen LogP contribution in [0.15, 0.2) is 104 Å². The SMILES string of the molecule is c1ccc(CNCc2cncc(-c3cc4c(-c5cc6c(-c7ccncc7)nccc6[nH]5)n[nH]c4cn3)c2)cc1. The first-order valence-corrected chi connectivity index (χ1v) is 12.7. The van der Waals surface area contributed by atoms with Gasteiger partial charge in [0, 0.05) is 71.5 Å². The van der Waals surface area contributed by atoms with Gasteiger partial charge >= 0.3 is 0 Å². The van der Waals surface area contributed by atoms with Crippen LogP contribution in [0.2, 0.25) is 0 Å². The van der Waals surface area contributed by atoms with Gasteiger partial charge in [-0.25, -0.2) is 0 Å². The van der Waals surface area contributed by atoms with Crippen molar-refractivity contribution in [3.8, 4) is 33.9 Å². The fourth-order valence-electron chi connectivity index (χ4n) is 4.87. The molecule has 188 valence electrons. The van der Waals surface area contributed by atoms with Crippen molar-refractivity contribution >= 4 is 21.8 Å². The third-order valence-electron chi connectivity index (χ3n) is 6.80. The third kappa shape index (κ3) is 4.54. The summed E-state index contributed by atoms with van der Waals surface area (Å²) in [4.78, 5) is 21.5. The van der Waals surface area contributed by atoms with Crippen molar-refractivity contribution < 1.29 is 0 Å². The molecule has 8 nitrogen and oxygen atoms in total. The quantitative estimate of drug-likeness (QED) is 0.247. The van der Waals surface area contributed by atoms with Gasteiger partial charge in [-0.1, -0.05) is 30.3 Å². The lowest BCUT2D eigenvalue weighted by Crippen LogP contribution is -2.12. The van der Waals surface area contributed by atoms with Crippen LogP contribution in [0.3, 0.4) is 0 Å². The number of rotatable bonds is 7. The topological polar surface area (TPSA) is 108 Å². The smallest absolute Gasteiger partial charge is 0.116 e. The van der Waals surface area contributed by atoms with Gasteiger partial charge in [0.2, 0.25) is 0 Å². The summed E-state index contributed by atoms with van der Waals surface area (Å²) in [6, 6.07) is 22.6. The lowest BCUT2D eigenvalue weighted by Gasteiger charge is -2.07. The predicted octanol–water partition coefficient (Wildman–Crippen LogP) is 5.92. The lowest BCUT2D eigenvalue weighted by atomic mass is 10.1. The molecule has 6 aromatic heterocycles. The van der Waals surface area contributed by atoms with Gasteiger partial charge in [0.05, 0.1) is 28.8 Å². The van der Waals surface area contributed by atoms with Gasteiger partial charge < -0.3 is 10.3 Å². The van der Waals surface area contributed by atoms with E-state index in [-0.39, 0.29) is 0 Å². The Kier molecular flexibility index (Phi) is 5.84. The van der Waals surface area contributed by atoms with Crippen molar-refractivity contribution in [3.05, 3.63) is 115 Å². The van der Waals surface area contributed by atoms with E-state index in [4.69, 9.17) is 4.98 Å². The number of aromatic amines is 2. The van der Waals surface area contributed by atoms with E-state index in [1.165, 1.54) is 5.56 Å². The van der Waals surface area contributed by atoms with Crippen molar-refractivity contribution in [2.75, 3.05) is 0 Å². The molecule has 0 aliphatic heterocycles. The first-order chi connectivity index (χ1) is 19.3. The highest BCUT2D eigenvalue weighted by atomic mass is 15.1. The third-order valence-corrected chi connectivity index (χ3v) is 6.80. The molecular weight excluding hydrogens is 484 g/mol. The van der Waals surface area contributed by atoms with Crippen LogP contribution in [0.4, 0.5) is 0 Å². The molecule has 0 unspecified atom stereocenters. The average Bonchev–Trinajstić information content (AvgIpc) is 3.62. The van der Waals surface area contributed by atoms with Gasteiger partial charge in [0.25, 0.3) is 0 Å². The van der Waals surface area contributed by atoms with Gasteiger partial charge in [-0.2, -0.15) is 5.10 Å². The lowest BCUT2D eigenvalue weighted by molar-refractivity contribution is 0.691. The molecule has 0 spiro atoms. The van der Waals surface area contributed by atoms with Crippen molar-refractivity contribution in [3.63, 3.8) is 0 Å². The first kappa shape index (κ1) is 22.9. The number of H-pyrrole nitrogens is 2. The Bertz CT molecular complexity index is 1890. The fraction of sp³-hybridized carbons (Fsp3) is 0.0645. The molecule has 39 heavy (non-hydrogen) atoms. The molecule has 0 radical (unpaired) electrons. The number of nitrogens with one attached hydrogen (secondary N) is 3. The van der Waals surface area contributed by atoms with E-state index in [0.29, 0.717) is 0 Å². The number of benzene rings is 1. The summed E-state index contributed by atoms with van der Waals surface area (Å²) >= 11 is 0. The summed E-state index contributed by atoms with van der Waals surface area (Å²) in [7, 11) is 0. The van der Waals surface area contributed by atoms with Crippen LogP contribution in [0, 0.1) is 0 Å². The molecular formula is C31H24N8. The maximum atomic E-state index is 4.69. The molecule has 0 fully saturated rings. The van der Waals surface area contributed by atoms with E-state index in [1.54, 1.807) is 12.4 Å². The Hall–Kier alpha value is -5.21. The number of hydrogen-bond donors (Lipinski definition) is 3. The molecule has 0 aliphatic rings. The summed E-state index contributed by atoms with van der Waals surface area (Å²) in [5.74, 6) is 0. The maximum absolute atomic E-state index is 4.69. The zero-order valence-corrected chi connectivity index (χ0v) is 21.0. The minimum Gasteiger partial charge on any atom is -0.353 e. The van der Waals surface area contributed by atoms with E-state index >= 15 is 0 Å². The highest BCUT2D eigenvalue weighted by Crippen LogP contribution is 2.33.